The number of carbonyl (C=O) groups is 5. The predicted octanol–water partition coefficient (Wildman–Crippen LogP) is 4.70. The number of aliphatic hydroxyl groups excluding tert-OH is 1. The maximum Gasteiger partial charge on any atom is 0.300 e. The van der Waals surface area contributed by atoms with Gasteiger partial charge in [-0.15, -0.1) is 0 Å². The molecule has 1 aliphatic carbocycles. The number of nitro benzene ring substituents is 1. The Labute approximate surface area is 266 Å². The van der Waals surface area contributed by atoms with E-state index in [-0.39, 0.29) is 51.6 Å². The molecule has 3 amide bonds. The van der Waals surface area contributed by atoms with E-state index in [0.29, 0.717) is 0 Å². The number of rotatable bonds is 5. The molecule has 1 saturated heterocycles. The van der Waals surface area contributed by atoms with Crippen LogP contribution in [0.3, 0.4) is 0 Å². The average molecular weight is 641 g/mol. The molecule has 1 fully saturated rings. The Hall–Kier alpha value is -5.62. The molecule has 3 aliphatic rings. The molecule has 2 aliphatic heterocycles. The molecule has 12 nitrogen and oxygen atoms in total. The molecule has 3 aromatic rings. The number of non-ortho nitro benzene ring substituents is 1. The maximum absolute atomic E-state index is 15.0. The Morgan fingerprint density at radius 2 is 1.59 bits per heavy atom. The molecule has 1 atom stereocenters. The van der Waals surface area contributed by atoms with E-state index in [9.17, 15) is 39.2 Å². The number of benzene rings is 3. The Bertz CT molecular complexity index is 1950. The second kappa shape index (κ2) is 10.8. The van der Waals surface area contributed by atoms with Crippen LogP contribution in [0.5, 0.6) is 0 Å². The first-order valence-electron chi connectivity index (χ1n) is 14.1. The SMILES string of the molecule is CC1(C)CC(=O)C2=C(C1)N(NC(=O)c1cccc([N+](=O)[O-])c1)C(=O)C21/C(=C(\O)c2ccccc2)C(=O)C(=O)N1c1ccc(Cl)cc1. The van der Waals surface area contributed by atoms with Crippen LogP contribution < -0.4 is 10.3 Å². The number of aliphatic hydroxyl groups is 1. The number of nitro groups is 1. The molecular formula is C33H25ClN4O8. The molecule has 13 heteroatoms. The van der Waals surface area contributed by atoms with E-state index in [0.717, 1.165) is 16.0 Å². The summed E-state index contributed by atoms with van der Waals surface area (Å²) in [5, 5.41) is 24.1. The second-order valence-electron chi connectivity index (χ2n) is 11.9. The van der Waals surface area contributed by atoms with Crippen LogP contribution in [0.2, 0.25) is 5.02 Å². The molecule has 2 heterocycles. The van der Waals surface area contributed by atoms with Gasteiger partial charge in [-0.1, -0.05) is 61.8 Å². The van der Waals surface area contributed by atoms with E-state index in [1.165, 1.54) is 54.6 Å². The number of hydrazine groups is 1. The lowest BCUT2D eigenvalue weighted by atomic mass is 9.70. The van der Waals surface area contributed by atoms with Crippen molar-refractivity contribution in [2.75, 3.05) is 4.90 Å². The van der Waals surface area contributed by atoms with Crippen molar-refractivity contribution in [2.45, 2.75) is 32.2 Å². The Balaban J connectivity index is 1.63. The summed E-state index contributed by atoms with van der Waals surface area (Å²) in [5.74, 6) is -5.69. The zero-order valence-corrected chi connectivity index (χ0v) is 25.2. The minimum Gasteiger partial charge on any atom is -0.507 e. The highest BCUT2D eigenvalue weighted by atomic mass is 35.5. The van der Waals surface area contributed by atoms with Crippen LogP contribution in [0.25, 0.3) is 5.76 Å². The number of carbonyl (C=O) groups excluding carboxylic acids is 5. The predicted molar refractivity (Wildman–Crippen MR) is 165 cm³/mol. The van der Waals surface area contributed by atoms with Gasteiger partial charge in [-0.2, -0.15) is 0 Å². The number of hydrogen-bond acceptors (Lipinski definition) is 8. The van der Waals surface area contributed by atoms with E-state index in [1.807, 2.05) is 0 Å². The Morgan fingerprint density at radius 3 is 2.24 bits per heavy atom. The van der Waals surface area contributed by atoms with Crippen LogP contribution >= 0.6 is 11.6 Å². The van der Waals surface area contributed by atoms with Crippen molar-refractivity contribution in [3.05, 3.63) is 122 Å². The van der Waals surface area contributed by atoms with Gasteiger partial charge in [-0.05, 0) is 42.2 Å². The number of Topliss-reactive ketones (excluding diaryl/α,β-unsaturated/α-hetero) is 2. The summed E-state index contributed by atoms with van der Waals surface area (Å²) in [6.07, 6.45) is -0.0310. The summed E-state index contributed by atoms with van der Waals surface area (Å²) in [7, 11) is 0. The van der Waals surface area contributed by atoms with Crippen LogP contribution in [0, 0.1) is 15.5 Å². The molecule has 1 unspecified atom stereocenters. The molecule has 232 valence electrons. The highest BCUT2D eigenvalue weighted by molar-refractivity contribution is 6.56. The lowest BCUT2D eigenvalue weighted by Gasteiger charge is -2.37. The van der Waals surface area contributed by atoms with Crippen LogP contribution in [-0.4, -0.2) is 49.9 Å². The van der Waals surface area contributed by atoms with Gasteiger partial charge < -0.3 is 5.11 Å². The van der Waals surface area contributed by atoms with Crippen LogP contribution in [0.1, 0.15) is 42.6 Å². The molecule has 3 aromatic carbocycles. The average Bonchev–Trinajstić information content (AvgIpc) is 3.39. The van der Waals surface area contributed by atoms with Crippen molar-refractivity contribution in [1.82, 2.24) is 10.4 Å². The number of halogens is 1. The zero-order valence-electron chi connectivity index (χ0n) is 24.4. The van der Waals surface area contributed by atoms with Crippen molar-refractivity contribution in [1.29, 1.82) is 0 Å². The number of hydrogen-bond donors (Lipinski definition) is 2. The van der Waals surface area contributed by atoms with Gasteiger partial charge in [0.2, 0.25) is 0 Å². The van der Waals surface area contributed by atoms with Gasteiger partial charge in [-0.25, -0.2) is 5.01 Å². The topological polar surface area (TPSA) is 167 Å². The standard InChI is InChI=1S/C33H25ClN4O8/c1-32(2)16-23-25(24(39)17-32)33(31(44)37(23)35-29(42)19-9-6-10-22(15-19)38(45)46)26(27(40)18-7-4-3-5-8-18)28(41)30(43)36(33)21-13-11-20(34)12-14-21/h3-15,40H,16-17H2,1-2H3,(H,35,42)/b27-26-. The van der Waals surface area contributed by atoms with Crippen molar-refractivity contribution < 1.29 is 34.0 Å². The van der Waals surface area contributed by atoms with Gasteiger partial charge in [0.1, 0.15) is 5.76 Å². The third-order valence-corrected chi connectivity index (χ3v) is 8.47. The van der Waals surface area contributed by atoms with Gasteiger partial charge in [-0.3, -0.25) is 44.4 Å². The maximum atomic E-state index is 15.0. The monoisotopic (exact) mass is 640 g/mol. The molecule has 0 saturated carbocycles. The Morgan fingerprint density at radius 1 is 0.935 bits per heavy atom. The fourth-order valence-corrected chi connectivity index (χ4v) is 6.45. The second-order valence-corrected chi connectivity index (χ2v) is 12.3. The molecule has 46 heavy (non-hydrogen) atoms. The summed E-state index contributed by atoms with van der Waals surface area (Å²) < 4.78 is 0. The Kier molecular flexibility index (Phi) is 7.12. The van der Waals surface area contributed by atoms with Crippen molar-refractivity contribution in [2.24, 2.45) is 5.41 Å². The van der Waals surface area contributed by atoms with E-state index < -0.39 is 56.5 Å². The number of anilines is 1. The van der Waals surface area contributed by atoms with Gasteiger partial charge in [0.15, 0.2) is 11.3 Å². The normalized spacial score (nSPS) is 21.6. The van der Waals surface area contributed by atoms with E-state index in [1.54, 1.807) is 32.0 Å². The number of allylic oxidation sites excluding steroid dienone is 1. The summed E-state index contributed by atoms with van der Waals surface area (Å²) in [6, 6.07) is 18.3. The summed E-state index contributed by atoms with van der Waals surface area (Å²) in [4.78, 5) is 82.1. The number of amides is 3. The van der Waals surface area contributed by atoms with Gasteiger partial charge in [0.25, 0.3) is 23.3 Å². The third-order valence-electron chi connectivity index (χ3n) is 8.22. The third kappa shape index (κ3) is 4.57. The lowest BCUT2D eigenvalue weighted by Crippen LogP contribution is -2.58. The molecule has 0 radical (unpaired) electrons. The van der Waals surface area contributed by atoms with E-state index >= 15 is 0 Å². The molecule has 0 aromatic heterocycles. The summed E-state index contributed by atoms with van der Waals surface area (Å²) >= 11 is 6.11. The molecule has 6 rings (SSSR count). The van der Waals surface area contributed by atoms with Crippen molar-refractivity contribution >= 4 is 58.0 Å². The molecule has 2 N–H and O–H groups in total. The molecular weight excluding hydrogens is 616 g/mol. The minimum absolute atomic E-state index is 0.0184. The number of nitrogens with zero attached hydrogens (tertiary/aromatic N) is 3. The van der Waals surface area contributed by atoms with Crippen LogP contribution in [0.4, 0.5) is 11.4 Å². The van der Waals surface area contributed by atoms with Gasteiger partial charge in [0, 0.05) is 40.4 Å². The number of ketones is 2. The first-order valence-corrected chi connectivity index (χ1v) is 14.5. The zero-order chi connectivity index (χ0) is 33.1. The van der Waals surface area contributed by atoms with E-state index in [2.05, 4.69) is 5.43 Å². The summed E-state index contributed by atoms with van der Waals surface area (Å²) in [6.45, 7) is 3.57. The highest BCUT2D eigenvalue weighted by Crippen LogP contribution is 2.55. The summed E-state index contributed by atoms with van der Waals surface area (Å²) in [5.41, 5.74) is -2.04. The minimum atomic E-state index is -2.51. The van der Waals surface area contributed by atoms with Crippen LogP contribution in [-0.2, 0) is 19.2 Å². The van der Waals surface area contributed by atoms with E-state index in [4.69, 9.17) is 11.6 Å². The molecule has 0 bridgehead atoms. The smallest absolute Gasteiger partial charge is 0.300 e. The number of fused-ring (bicyclic) bond motifs is 1. The van der Waals surface area contributed by atoms with Crippen molar-refractivity contribution in [3.63, 3.8) is 0 Å². The van der Waals surface area contributed by atoms with Gasteiger partial charge in [0.05, 0.1) is 21.8 Å². The first-order chi connectivity index (χ1) is 21.8. The molecule has 1 spiro atoms. The number of nitrogens with one attached hydrogen (secondary N) is 1. The fourth-order valence-electron chi connectivity index (χ4n) is 6.32. The quantitative estimate of drug-likeness (QED) is 0.133. The first kappa shape index (κ1) is 30.4. The lowest BCUT2D eigenvalue weighted by molar-refractivity contribution is -0.384. The van der Waals surface area contributed by atoms with Crippen LogP contribution in [0.15, 0.2) is 95.7 Å². The fraction of sp³-hybridized carbons (Fsp3) is 0.182. The van der Waals surface area contributed by atoms with Gasteiger partial charge >= 0.3 is 5.91 Å². The largest absolute Gasteiger partial charge is 0.507 e. The highest BCUT2D eigenvalue weighted by Gasteiger charge is 2.71. The van der Waals surface area contributed by atoms with Crippen molar-refractivity contribution in [3.8, 4) is 0 Å².